The lowest BCUT2D eigenvalue weighted by atomic mass is 9.99. The molecule has 4 nitrogen and oxygen atoms in total. The Morgan fingerprint density at radius 2 is 1.80 bits per heavy atom. The second kappa shape index (κ2) is 6.77. The van der Waals surface area contributed by atoms with Crippen LogP contribution >= 0.6 is 23.2 Å². The quantitative estimate of drug-likeness (QED) is 0.865. The van der Waals surface area contributed by atoms with E-state index in [2.05, 4.69) is 10.2 Å². The molecule has 2 aromatic carbocycles. The molecule has 0 aliphatic carbocycles. The lowest BCUT2D eigenvalue weighted by Crippen LogP contribution is -2.50. The number of hydrogen-bond donors (Lipinski definition) is 1. The van der Waals surface area contributed by atoms with Crippen LogP contribution in [0.25, 0.3) is 0 Å². The number of fused-ring (bicyclic) bond motifs is 1. The van der Waals surface area contributed by atoms with Crippen molar-refractivity contribution in [3.63, 3.8) is 0 Å². The Kier molecular flexibility index (Phi) is 4.48. The van der Waals surface area contributed by atoms with E-state index in [0.29, 0.717) is 24.7 Å². The molecule has 0 bridgehead atoms. The van der Waals surface area contributed by atoms with E-state index in [-0.39, 0.29) is 11.8 Å². The van der Waals surface area contributed by atoms with Crippen molar-refractivity contribution in [1.29, 1.82) is 0 Å². The fraction of sp³-hybridized carbons (Fsp3) is 0.316. The van der Waals surface area contributed by atoms with Gasteiger partial charge in [0.1, 0.15) is 0 Å². The summed E-state index contributed by atoms with van der Waals surface area (Å²) < 4.78 is 0. The van der Waals surface area contributed by atoms with Crippen molar-refractivity contribution >= 4 is 40.5 Å². The first kappa shape index (κ1) is 16.6. The van der Waals surface area contributed by atoms with E-state index in [4.69, 9.17) is 23.2 Å². The van der Waals surface area contributed by atoms with Crippen LogP contribution in [0.2, 0.25) is 10.0 Å². The van der Waals surface area contributed by atoms with Crippen molar-refractivity contribution in [3.05, 3.63) is 58.1 Å². The fourth-order valence-corrected chi connectivity index (χ4v) is 4.05. The number of nitrogens with one attached hydrogen (secondary N) is 1. The molecule has 130 valence electrons. The molecule has 1 amide bonds. The van der Waals surface area contributed by atoms with Gasteiger partial charge in [-0.3, -0.25) is 4.79 Å². The Hall–Kier alpha value is -1.91. The highest BCUT2D eigenvalue weighted by atomic mass is 35.5. The maximum Gasteiger partial charge on any atom is 0.232 e. The van der Waals surface area contributed by atoms with E-state index >= 15 is 0 Å². The van der Waals surface area contributed by atoms with Crippen LogP contribution in [0.5, 0.6) is 0 Å². The Labute approximate surface area is 157 Å². The first-order valence-corrected chi connectivity index (χ1v) is 9.20. The number of carbonyl (C=O) groups is 1. The van der Waals surface area contributed by atoms with E-state index < -0.39 is 0 Å². The molecule has 2 heterocycles. The number of anilines is 2. The molecule has 2 aliphatic heterocycles. The molecular formula is C19H19Cl2N3O. The molecule has 0 aromatic heterocycles. The zero-order valence-corrected chi connectivity index (χ0v) is 15.2. The minimum Gasteiger partial charge on any atom is -0.384 e. The summed E-state index contributed by atoms with van der Waals surface area (Å²) in [6, 6.07) is 13.6. The molecule has 1 atom stereocenters. The van der Waals surface area contributed by atoms with Crippen LogP contribution in [-0.4, -0.2) is 43.5 Å². The summed E-state index contributed by atoms with van der Waals surface area (Å²) in [4.78, 5) is 17.2. The average molecular weight is 376 g/mol. The SMILES string of the molecule is O=C(C1CNc2cc(Cl)ccc21)N1CCN(c2ccccc2Cl)CC1. The molecule has 2 aliphatic rings. The number of benzene rings is 2. The summed E-state index contributed by atoms with van der Waals surface area (Å²) in [6.45, 7) is 3.65. The van der Waals surface area contributed by atoms with Crippen molar-refractivity contribution in [3.8, 4) is 0 Å². The van der Waals surface area contributed by atoms with Gasteiger partial charge in [-0.05, 0) is 29.8 Å². The first-order valence-electron chi connectivity index (χ1n) is 8.45. The van der Waals surface area contributed by atoms with Gasteiger partial charge in [0.05, 0.1) is 16.6 Å². The van der Waals surface area contributed by atoms with Gasteiger partial charge in [0.2, 0.25) is 5.91 Å². The number of piperazine rings is 1. The molecule has 1 N–H and O–H groups in total. The Morgan fingerprint density at radius 1 is 1.04 bits per heavy atom. The van der Waals surface area contributed by atoms with Crippen LogP contribution in [0.1, 0.15) is 11.5 Å². The number of amides is 1. The minimum atomic E-state index is -0.126. The van der Waals surface area contributed by atoms with Gasteiger partial charge in [-0.2, -0.15) is 0 Å². The van der Waals surface area contributed by atoms with Crippen molar-refractivity contribution < 1.29 is 4.79 Å². The van der Waals surface area contributed by atoms with Gasteiger partial charge in [-0.15, -0.1) is 0 Å². The zero-order valence-electron chi connectivity index (χ0n) is 13.7. The summed E-state index contributed by atoms with van der Waals surface area (Å²) in [6.07, 6.45) is 0. The Bertz CT molecular complexity index is 803. The lowest BCUT2D eigenvalue weighted by molar-refractivity contribution is -0.132. The van der Waals surface area contributed by atoms with Gasteiger partial charge in [0.25, 0.3) is 0 Å². The van der Waals surface area contributed by atoms with Gasteiger partial charge in [-0.1, -0.05) is 41.4 Å². The molecule has 0 radical (unpaired) electrons. The van der Waals surface area contributed by atoms with Gasteiger partial charge < -0.3 is 15.1 Å². The topological polar surface area (TPSA) is 35.6 Å². The second-order valence-corrected chi connectivity index (χ2v) is 7.27. The average Bonchev–Trinajstić information content (AvgIpc) is 3.04. The highest BCUT2D eigenvalue weighted by Gasteiger charge is 2.33. The van der Waals surface area contributed by atoms with Crippen molar-refractivity contribution in [2.45, 2.75) is 5.92 Å². The molecule has 4 rings (SSSR count). The lowest BCUT2D eigenvalue weighted by Gasteiger charge is -2.37. The van der Waals surface area contributed by atoms with Crippen LogP contribution in [0.4, 0.5) is 11.4 Å². The predicted octanol–water partition coefficient (Wildman–Crippen LogP) is 3.85. The molecule has 1 saturated heterocycles. The van der Waals surface area contributed by atoms with Gasteiger partial charge in [-0.25, -0.2) is 0 Å². The van der Waals surface area contributed by atoms with E-state index in [1.165, 1.54) is 0 Å². The van der Waals surface area contributed by atoms with E-state index in [9.17, 15) is 4.79 Å². The van der Waals surface area contributed by atoms with Gasteiger partial charge in [0.15, 0.2) is 0 Å². The number of para-hydroxylation sites is 1. The predicted molar refractivity (Wildman–Crippen MR) is 103 cm³/mol. The third-order valence-electron chi connectivity index (χ3n) is 4.97. The maximum atomic E-state index is 13.0. The molecule has 0 saturated carbocycles. The molecule has 0 spiro atoms. The van der Waals surface area contributed by atoms with Crippen LogP contribution < -0.4 is 10.2 Å². The normalized spacial score (nSPS) is 19.5. The summed E-state index contributed by atoms with van der Waals surface area (Å²) in [7, 11) is 0. The molecular weight excluding hydrogens is 357 g/mol. The summed E-state index contributed by atoms with van der Waals surface area (Å²) >= 11 is 12.3. The zero-order chi connectivity index (χ0) is 17.4. The monoisotopic (exact) mass is 375 g/mol. The van der Waals surface area contributed by atoms with Crippen LogP contribution in [0.15, 0.2) is 42.5 Å². The fourth-order valence-electron chi connectivity index (χ4n) is 3.62. The third-order valence-corrected chi connectivity index (χ3v) is 5.52. The number of carbonyl (C=O) groups excluding carboxylic acids is 1. The number of nitrogens with zero attached hydrogens (tertiary/aromatic N) is 2. The largest absolute Gasteiger partial charge is 0.384 e. The molecule has 6 heteroatoms. The first-order chi connectivity index (χ1) is 12.1. The standard InChI is InChI=1S/C19H19Cl2N3O/c20-13-5-6-14-15(12-22-17(14)11-13)19(25)24-9-7-23(8-10-24)18-4-2-1-3-16(18)21/h1-6,11,15,22H,7-10,12H2. The summed E-state index contributed by atoms with van der Waals surface area (Å²) in [5.41, 5.74) is 3.06. The van der Waals surface area contributed by atoms with Gasteiger partial charge in [0, 0.05) is 43.4 Å². The second-order valence-electron chi connectivity index (χ2n) is 6.43. The van der Waals surface area contributed by atoms with Crippen molar-refractivity contribution in [1.82, 2.24) is 4.90 Å². The van der Waals surface area contributed by atoms with Crippen LogP contribution in [0, 0.1) is 0 Å². The smallest absolute Gasteiger partial charge is 0.232 e. The Morgan fingerprint density at radius 3 is 2.56 bits per heavy atom. The molecule has 1 unspecified atom stereocenters. The number of rotatable bonds is 2. The van der Waals surface area contributed by atoms with E-state index in [0.717, 1.165) is 35.1 Å². The van der Waals surface area contributed by atoms with Gasteiger partial charge >= 0.3 is 0 Å². The molecule has 25 heavy (non-hydrogen) atoms. The third kappa shape index (κ3) is 3.16. The maximum absolute atomic E-state index is 13.0. The Balaban J connectivity index is 1.44. The molecule has 2 aromatic rings. The minimum absolute atomic E-state index is 0.126. The summed E-state index contributed by atoms with van der Waals surface area (Å²) in [5, 5.41) is 4.74. The highest BCUT2D eigenvalue weighted by molar-refractivity contribution is 6.33. The summed E-state index contributed by atoms with van der Waals surface area (Å²) in [5.74, 6) is 0.0616. The van der Waals surface area contributed by atoms with E-state index in [1.54, 1.807) is 0 Å². The number of halogens is 2. The number of hydrogen-bond acceptors (Lipinski definition) is 3. The van der Waals surface area contributed by atoms with Crippen molar-refractivity contribution in [2.24, 2.45) is 0 Å². The van der Waals surface area contributed by atoms with Crippen LogP contribution in [-0.2, 0) is 4.79 Å². The molecule has 1 fully saturated rings. The van der Waals surface area contributed by atoms with Crippen LogP contribution in [0.3, 0.4) is 0 Å². The van der Waals surface area contributed by atoms with E-state index in [1.807, 2.05) is 47.4 Å². The van der Waals surface area contributed by atoms with Crippen molar-refractivity contribution in [2.75, 3.05) is 42.9 Å². The highest BCUT2D eigenvalue weighted by Crippen LogP contribution is 2.35.